The summed E-state index contributed by atoms with van der Waals surface area (Å²) in [6, 6.07) is 6.89. The summed E-state index contributed by atoms with van der Waals surface area (Å²) >= 11 is 0. The number of para-hydroxylation sites is 1. The van der Waals surface area contributed by atoms with Gasteiger partial charge in [-0.2, -0.15) is 12.1 Å². The van der Waals surface area contributed by atoms with Crippen molar-refractivity contribution >= 4 is 0 Å². The molecule has 1 aliphatic heterocycles. The maximum absolute atomic E-state index is 12.3. The second-order valence-corrected chi connectivity index (χ2v) is 2.03. The quantitative estimate of drug-likeness (QED) is 0.354. The molecule has 0 N–H and O–H groups in total. The van der Waals surface area contributed by atoms with Crippen LogP contribution in [0.15, 0.2) is 18.2 Å². The summed E-state index contributed by atoms with van der Waals surface area (Å²) in [5.41, 5.74) is 0. The minimum Gasteiger partial charge on any atom is -0.460 e. The Kier molecular flexibility index (Phi) is 2.31. The summed E-state index contributed by atoms with van der Waals surface area (Å²) in [5.74, 6) is -0.0185. The molecule has 0 radical (unpaired) electrons. The van der Waals surface area contributed by atoms with Gasteiger partial charge in [0.05, 0.1) is 11.5 Å². The van der Waals surface area contributed by atoms with Gasteiger partial charge in [0, 0.05) is 0 Å². The van der Waals surface area contributed by atoms with E-state index in [9.17, 15) is 8.78 Å². The molecule has 0 saturated heterocycles. The van der Waals surface area contributed by atoms with Crippen molar-refractivity contribution in [2.75, 3.05) is 0 Å². The van der Waals surface area contributed by atoms with E-state index in [-0.39, 0.29) is 30.4 Å². The monoisotopic (exact) mass is 164 g/mol. The molecule has 0 unspecified atom stereocenters. The third kappa shape index (κ3) is 1.55. The van der Waals surface area contributed by atoms with Gasteiger partial charge in [-0.3, -0.25) is 0 Å². The molecule has 0 aromatic heterocycles. The normalized spacial score (nSPS) is 16.8. The van der Waals surface area contributed by atoms with Crippen LogP contribution in [0.2, 0.25) is 0 Å². The first-order valence-corrected chi connectivity index (χ1v) is 2.94. The molecule has 0 aliphatic carbocycles. The van der Waals surface area contributed by atoms with Gasteiger partial charge in [-0.15, -0.1) is 20.9 Å². The molecule has 0 fully saturated rings. The molecule has 12 heavy (non-hydrogen) atoms. The summed E-state index contributed by atoms with van der Waals surface area (Å²) in [5, 5.41) is 0. The Morgan fingerprint density at radius 2 is 2.08 bits per heavy atom. The molecule has 0 bridgehead atoms. The first-order chi connectivity index (χ1) is 5.17. The van der Waals surface area contributed by atoms with Crippen molar-refractivity contribution in [1.29, 1.82) is 0 Å². The number of hydrogen-bond acceptors (Lipinski definition) is 2. The smallest absolute Gasteiger partial charge is 0.460 e. The zero-order chi connectivity index (χ0) is 7.90. The van der Waals surface area contributed by atoms with E-state index in [2.05, 4.69) is 15.5 Å². The fraction of sp³-hybridized carbons (Fsp3) is 0.143. The Morgan fingerprint density at radius 1 is 1.33 bits per heavy atom. The number of alkyl halides is 2. The maximum Gasteiger partial charge on any atom is 1.00 e. The summed E-state index contributed by atoms with van der Waals surface area (Å²) < 4.78 is 32.7. The van der Waals surface area contributed by atoms with Crippen LogP contribution in [0.25, 0.3) is 0 Å². The topological polar surface area (TPSA) is 18.5 Å². The molecule has 5 heteroatoms. The van der Waals surface area contributed by atoms with Gasteiger partial charge in [-0.05, 0) is 0 Å². The van der Waals surface area contributed by atoms with Crippen molar-refractivity contribution in [1.82, 2.24) is 0 Å². The van der Waals surface area contributed by atoms with Gasteiger partial charge in [0.1, 0.15) is 0 Å². The molecule has 0 saturated carbocycles. The van der Waals surface area contributed by atoms with E-state index >= 15 is 0 Å². The molecular formula is C7H3F2LiO2. The Balaban J connectivity index is 0.000000720. The zero-order valence-electron chi connectivity index (χ0n) is 6.30. The van der Waals surface area contributed by atoms with Gasteiger partial charge in [0.15, 0.2) is 0 Å². The zero-order valence-corrected chi connectivity index (χ0v) is 6.30. The minimum atomic E-state index is -3.53. The number of ether oxygens (including phenoxy) is 2. The summed E-state index contributed by atoms with van der Waals surface area (Å²) in [4.78, 5) is 0. The predicted molar refractivity (Wildman–Crippen MR) is 31.5 cm³/mol. The summed E-state index contributed by atoms with van der Waals surface area (Å²) in [6.45, 7) is 0. The van der Waals surface area contributed by atoms with Crippen molar-refractivity contribution < 1.29 is 37.1 Å². The van der Waals surface area contributed by atoms with Crippen molar-refractivity contribution in [3.63, 3.8) is 0 Å². The van der Waals surface area contributed by atoms with E-state index in [0.717, 1.165) is 0 Å². The molecule has 1 aromatic rings. The Labute approximate surface area is 79.6 Å². The van der Waals surface area contributed by atoms with E-state index in [4.69, 9.17) is 0 Å². The molecule has 58 valence electrons. The van der Waals surface area contributed by atoms with Crippen LogP contribution in [-0.2, 0) is 0 Å². The number of rotatable bonds is 0. The maximum atomic E-state index is 12.3. The first kappa shape index (κ1) is 9.37. The minimum absolute atomic E-state index is 0. The van der Waals surface area contributed by atoms with Gasteiger partial charge in [-0.25, -0.2) is 0 Å². The van der Waals surface area contributed by atoms with Crippen molar-refractivity contribution in [2.24, 2.45) is 0 Å². The van der Waals surface area contributed by atoms with Crippen LogP contribution < -0.4 is 28.3 Å². The summed E-state index contributed by atoms with van der Waals surface area (Å²) in [6.07, 6.45) is -3.53. The van der Waals surface area contributed by atoms with Crippen LogP contribution >= 0.6 is 0 Å². The molecule has 0 atom stereocenters. The number of hydrogen-bond donors (Lipinski definition) is 0. The number of halogens is 2. The molecule has 0 amide bonds. The molecule has 1 heterocycles. The van der Waals surface area contributed by atoms with Crippen LogP contribution in [-0.4, -0.2) is 6.29 Å². The van der Waals surface area contributed by atoms with E-state index in [1.165, 1.54) is 12.1 Å². The van der Waals surface area contributed by atoms with Crippen LogP contribution in [0.4, 0.5) is 8.78 Å². The Morgan fingerprint density at radius 3 is 2.75 bits per heavy atom. The molecule has 2 rings (SSSR count). The SMILES string of the molecule is FC1(F)Oc2[c-]cccc2O1.[Li+]. The third-order valence-corrected chi connectivity index (χ3v) is 1.23. The van der Waals surface area contributed by atoms with Gasteiger partial charge in [0.25, 0.3) is 0 Å². The van der Waals surface area contributed by atoms with Crippen LogP contribution in [0.3, 0.4) is 0 Å². The molecule has 1 aliphatic rings. The van der Waals surface area contributed by atoms with Crippen LogP contribution in [0, 0.1) is 6.07 Å². The molecular weight excluding hydrogens is 161 g/mol. The number of fused-ring (bicyclic) bond motifs is 1. The standard InChI is InChI=1S/C7H3F2O2.Li/c8-7(9)10-5-3-1-2-4-6(5)11-7;/h1-3H;/q-1;+1. The van der Waals surface area contributed by atoms with Gasteiger partial charge in [0.2, 0.25) is 0 Å². The molecule has 1 aromatic carbocycles. The van der Waals surface area contributed by atoms with Crippen molar-refractivity contribution in [3.05, 3.63) is 24.3 Å². The fourth-order valence-corrected chi connectivity index (χ4v) is 0.834. The van der Waals surface area contributed by atoms with Gasteiger partial charge >= 0.3 is 25.2 Å². The van der Waals surface area contributed by atoms with Crippen molar-refractivity contribution in [2.45, 2.75) is 6.29 Å². The molecule has 2 nitrogen and oxygen atoms in total. The molecule has 0 spiro atoms. The summed E-state index contributed by atoms with van der Waals surface area (Å²) in [7, 11) is 0. The first-order valence-electron chi connectivity index (χ1n) is 2.94. The van der Waals surface area contributed by atoms with Gasteiger partial charge < -0.3 is 9.47 Å². The van der Waals surface area contributed by atoms with Crippen LogP contribution in [0.1, 0.15) is 0 Å². The largest absolute Gasteiger partial charge is 1.00 e. The Bertz CT molecular complexity index is 263. The van der Waals surface area contributed by atoms with Gasteiger partial charge in [-0.1, -0.05) is 0 Å². The van der Waals surface area contributed by atoms with E-state index in [1.54, 1.807) is 6.07 Å². The average molecular weight is 164 g/mol. The van der Waals surface area contributed by atoms with E-state index in [0.29, 0.717) is 0 Å². The predicted octanol–water partition coefficient (Wildman–Crippen LogP) is -1.19. The van der Waals surface area contributed by atoms with E-state index in [1.807, 2.05) is 0 Å². The fourth-order valence-electron chi connectivity index (χ4n) is 0.834. The van der Waals surface area contributed by atoms with E-state index < -0.39 is 6.29 Å². The second kappa shape index (κ2) is 2.96. The van der Waals surface area contributed by atoms with Crippen molar-refractivity contribution in [3.8, 4) is 11.5 Å². The number of benzene rings is 1. The second-order valence-electron chi connectivity index (χ2n) is 2.03. The average Bonchev–Trinajstić information content (AvgIpc) is 2.21. The van der Waals surface area contributed by atoms with Crippen LogP contribution in [0.5, 0.6) is 11.5 Å². The third-order valence-electron chi connectivity index (χ3n) is 1.23. The Hall–Kier alpha value is -0.723.